The van der Waals surface area contributed by atoms with Gasteiger partial charge in [-0.15, -0.1) is 5.10 Å². The first-order valence-corrected chi connectivity index (χ1v) is 9.70. The molecule has 0 atom stereocenters. The number of para-hydroxylation sites is 2. The molecule has 10 heteroatoms. The Morgan fingerprint density at radius 3 is 2.76 bits per heavy atom. The molecule has 29 heavy (non-hydrogen) atoms. The van der Waals surface area contributed by atoms with Crippen LogP contribution >= 0.6 is 0 Å². The highest BCUT2D eigenvalue weighted by atomic mass is 16.2. The molecule has 3 aromatic rings. The lowest BCUT2D eigenvalue weighted by Gasteiger charge is -2.38. The highest BCUT2D eigenvalue weighted by Gasteiger charge is 2.32. The van der Waals surface area contributed by atoms with Gasteiger partial charge in [-0.3, -0.25) is 4.79 Å². The van der Waals surface area contributed by atoms with E-state index in [0.717, 1.165) is 16.9 Å². The van der Waals surface area contributed by atoms with E-state index in [1.54, 1.807) is 15.8 Å². The molecule has 0 bridgehead atoms. The summed E-state index contributed by atoms with van der Waals surface area (Å²) in [5, 5.41) is 13.6. The quantitative estimate of drug-likeness (QED) is 0.638. The molecule has 0 aliphatic carbocycles. The van der Waals surface area contributed by atoms with Crippen LogP contribution in [0.5, 0.6) is 0 Å². The average Bonchev–Trinajstić information content (AvgIpc) is 3.27. The maximum absolute atomic E-state index is 12.4. The predicted octanol–water partition coefficient (Wildman–Crippen LogP) is 0.723. The number of imidazole rings is 1. The fraction of sp³-hybridized carbons (Fsp3) is 0.421. The topological polar surface area (TPSA) is 110 Å². The summed E-state index contributed by atoms with van der Waals surface area (Å²) >= 11 is 0. The third kappa shape index (κ3) is 3.78. The minimum Gasteiger partial charge on any atom is -0.350 e. The number of carbonyl (C=O) groups excluding carboxylic acids is 2. The maximum Gasteiger partial charge on any atom is 0.317 e. The zero-order valence-corrected chi connectivity index (χ0v) is 16.5. The third-order valence-corrected chi connectivity index (χ3v) is 5.11. The van der Waals surface area contributed by atoms with Gasteiger partial charge >= 0.3 is 6.03 Å². The average molecular weight is 396 g/mol. The number of nitrogens with zero attached hydrogens (tertiary/aromatic N) is 6. The van der Waals surface area contributed by atoms with Gasteiger partial charge in [0.2, 0.25) is 0 Å². The van der Waals surface area contributed by atoms with Gasteiger partial charge < -0.3 is 20.1 Å². The van der Waals surface area contributed by atoms with Crippen LogP contribution in [-0.2, 0) is 13.5 Å². The molecule has 1 fully saturated rings. The summed E-state index contributed by atoms with van der Waals surface area (Å²) in [6.07, 6.45) is 2.25. The van der Waals surface area contributed by atoms with Gasteiger partial charge in [0.25, 0.3) is 5.91 Å². The predicted molar refractivity (Wildman–Crippen MR) is 106 cm³/mol. The summed E-state index contributed by atoms with van der Waals surface area (Å²) in [6.45, 7) is 4.05. The van der Waals surface area contributed by atoms with Crippen LogP contribution < -0.4 is 10.6 Å². The largest absolute Gasteiger partial charge is 0.350 e. The highest BCUT2D eigenvalue weighted by molar-refractivity contribution is 5.91. The molecular formula is C19H24N8O2. The number of aryl methyl sites for hydroxylation is 1. The zero-order chi connectivity index (χ0) is 20.4. The Labute approximate surface area is 167 Å². The zero-order valence-electron chi connectivity index (χ0n) is 16.5. The smallest absolute Gasteiger partial charge is 0.317 e. The third-order valence-electron chi connectivity index (χ3n) is 5.11. The minimum atomic E-state index is -0.269. The Kier molecular flexibility index (Phi) is 5.15. The van der Waals surface area contributed by atoms with Crippen molar-refractivity contribution in [3.8, 4) is 0 Å². The van der Waals surface area contributed by atoms with E-state index in [4.69, 9.17) is 0 Å². The Bertz CT molecular complexity index is 1030. The van der Waals surface area contributed by atoms with E-state index in [-0.39, 0.29) is 23.7 Å². The summed E-state index contributed by atoms with van der Waals surface area (Å²) in [7, 11) is 1.97. The Balaban J connectivity index is 1.28. The van der Waals surface area contributed by atoms with Crippen LogP contribution in [0, 0.1) is 0 Å². The Morgan fingerprint density at radius 2 is 2.00 bits per heavy atom. The molecule has 0 radical (unpaired) electrons. The first-order chi connectivity index (χ1) is 14.1. The van der Waals surface area contributed by atoms with Gasteiger partial charge in [-0.2, -0.15) is 0 Å². The van der Waals surface area contributed by atoms with Gasteiger partial charge in [-0.25, -0.2) is 14.5 Å². The van der Waals surface area contributed by atoms with E-state index in [2.05, 4.69) is 25.9 Å². The molecule has 1 aliphatic heterocycles. The molecule has 1 aliphatic rings. The molecule has 1 aromatic carbocycles. The van der Waals surface area contributed by atoms with Crippen molar-refractivity contribution in [1.82, 2.24) is 40.1 Å². The Hall–Kier alpha value is -3.43. The molecule has 0 unspecified atom stereocenters. The maximum atomic E-state index is 12.4. The van der Waals surface area contributed by atoms with Crippen LogP contribution in [0.15, 0.2) is 30.5 Å². The van der Waals surface area contributed by atoms with E-state index in [0.29, 0.717) is 32.6 Å². The molecule has 2 N–H and O–H groups in total. The van der Waals surface area contributed by atoms with E-state index < -0.39 is 0 Å². The summed E-state index contributed by atoms with van der Waals surface area (Å²) in [5.74, 6) is 0.644. The lowest BCUT2D eigenvalue weighted by Crippen LogP contribution is -2.54. The van der Waals surface area contributed by atoms with E-state index in [1.165, 1.54) is 0 Å². The van der Waals surface area contributed by atoms with Crippen LogP contribution in [0.25, 0.3) is 11.0 Å². The first-order valence-electron chi connectivity index (χ1n) is 9.70. The van der Waals surface area contributed by atoms with Gasteiger partial charge in [0.1, 0.15) is 5.82 Å². The number of fused-ring (bicyclic) bond motifs is 1. The van der Waals surface area contributed by atoms with Crippen LogP contribution in [-0.4, -0.2) is 67.6 Å². The summed E-state index contributed by atoms with van der Waals surface area (Å²) in [5.41, 5.74) is 2.28. The molecule has 0 saturated carbocycles. The van der Waals surface area contributed by atoms with Crippen molar-refractivity contribution in [2.75, 3.05) is 26.2 Å². The molecule has 4 rings (SSSR count). The Morgan fingerprint density at radius 1 is 1.21 bits per heavy atom. The van der Waals surface area contributed by atoms with Gasteiger partial charge in [0, 0.05) is 39.6 Å². The standard InChI is InChI=1S/C19H24N8O2/c1-3-20-19(29)26-10-13(11-26)27-12-15(23-24-27)18(28)21-9-8-17-22-14-6-4-5-7-16(14)25(17)2/h4-7,12-13H,3,8-11H2,1-2H3,(H,20,29)(H,21,28). The first kappa shape index (κ1) is 18.9. The van der Waals surface area contributed by atoms with Crippen molar-refractivity contribution >= 4 is 23.0 Å². The number of rotatable bonds is 6. The monoisotopic (exact) mass is 396 g/mol. The number of likely N-dealkylation sites (tertiary alicyclic amines) is 1. The molecule has 152 valence electrons. The second-order valence-electron chi connectivity index (χ2n) is 7.06. The number of carbonyl (C=O) groups is 2. The van der Waals surface area contributed by atoms with Crippen molar-refractivity contribution in [2.45, 2.75) is 19.4 Å². The molecule has 10 nitrogen and oxygen atoms in total. The van der Waals surface area contributed by atoms with E-state index in [1.807, 2.05) is 42.8 Å². The SMILES string of the molecule is CCNC(=O)N1CC(n2cc(C(=O)NCCc3nc4ccccc4n3C)nn2)C1. The number of hydrogen-bond donors (Lipinski definition) is 2. The van der Waals surface area contributed by atoms with Crippen molar-refractivity contribution in [1.29, 1.82) is 0 Å². The summed E-state index contributed by atoms with van der Waals surface area (Å²) in [6, 6.07) is 7.91. The molecule has 3 heterocycles. The second-order valence-corrected chi connectivity index (χ2v) is 7.06. The fourth-order valence-corrected chi connectivity index (χ4v) is 3.41. The van der Waals surface area contributed by atoms with Crippen LogP contribution in [0.2, 0.25) is 0 Å². The van der Waals surface area contributed by atoms with Gasteiger partial charge in [0.05, 0.1) is 23.3 Å². The lowest BCUT2D eigenvalue weighted by atomic mass is 10.1. The van der Waals surface area contributed by atoms with Crippen molar-refractivity contribution < 1.29 is 9.59 Å². The van der Waals surface area contributed by atoms with Crippen LogP contribution in [0.1, 0.15) is 29.3 Å². The van der Waals surface area contributed by atoms with Crippen LogP contribution in [0.4, 0.5) is 4.79 Å². The number of nitrogens with one attached hydrogen (secondary N) is 2. The van der Waals surface area contributed by atoms with Crippen LogP contribution in [0.3, 0.4) is 0 Å². The highest BCUT2D eigenvalue weighted by Crippen LogP contribution is 2.20. The van der Waals surface area contributed by atoms with E-state index >= 15 is 0 Å². The number of urea groups is 1. The second kappa shape index (κ2) is 7.90. The lowest BCUT2D eigenvalue weighted by molar-refractivity contribution is 0.0948. The van der Waals surface area contributed by atoms with Crippen molar-refractivity contribution in [3.05, 3.63) is 42.0 Å². The fourth-order valence-electron chi connectivity index (χ4n) is 3.41. The molecule has 2 aromatic heterocycles. The number of amides is 3. The number of aromatic nitrogens is 5. The van der Waals surface area contributed by atoms with Gasteiger partial charge in [0.15, 0.2) is 5.69 Å². The molecule has 1 saturated heterocycles. The normalized spacial score (nSPS) is 14.1. The number of hydrogen-bond acceptors (Lipinski definition) is 5. The molecular weight excluding hydrogens is 372 g/mol. The van der Waals surface area contributed by atoms with E-state index in [9.17, 15) is 9.59 Å². The van der Waals surface area contributed by atoms with Crippen molar-refractivity contribution in [2.24, 2.45) is 7.05 Å². The summed E-state index contributed by atoms with van der Waals surface area (Å²) in [4.78, 5) is 30.4. The molecule has 0 spiro atoms. The summed E-state index contributed by atoms with van der Waals surface area (Å²) < 4.78 is 3.69. The minimum absolute atomic E-state index is 0.0478. The van der Waals surface area contributed by atoms with Gasteiger partial charge in [-0.05, 0) is 19.1 Å². The number of benzene rings is 1. The van der Waals surface area contributed by atoms with Gasteiger partial charge in [-0.1, -0.05) is 17.3 Å². The molecule has 3 amide bonds. The van der Waals surface area contributed by atoms with Crippen molar-refractivity contribution in [3.63, 3.8) is 0 Å².